The van der Waals surface area contributed by atoms with Crippen molar-refractivity contribution in [1.82, 2.24) is 12.3 Å². The quantitative estimate of drug-likeness (QED) is 0.245. The van der Waals surface area contributed by atoms with Crippen LogP contribution in [-0.4, -0.2) is 23.7 Å². The van der Waals surface area contributed by atoms with Crippen LogP contribution < -0.4 is 47.3 Å². The molecule has 0 saturated carbocycles. The predicted molar refractivity (Wildman–Crippen MR) is 37.4 cm³/mol. The molecule has 9 nitrogen and oxygen atoms in total. The number of halogens is 2. The van der Waals surface area contributed by atoms with Crippen LogP contribution in [0.4, 0.5) is 0 Å². The van der Waals surface area contributed by atoms with E-state index in [0.717, 1.165) is 0 Å². The number of rotatable bonds is 0. The van der Waals surface area contributed by atoms with Crippen LogP contribution in [0.1, 0.15) is 0 Å². The molecule has 15 heavy (non-hydrogen) atoms. The topological polar surface area (TPSA) is 190 Å². The molecule has 1 rings (SSSR count). The summed E-state index contributed by atoms with van der Waals surface area (Å²) in [7, 11) is 0. The monoisotopic (exact) mass is 444 g/mol. The van der Waals surface area contributed by atoms with E-state index in [0.29, 0.717) is 0 Å². The molecule has 0 aromatic carbocycles. The van der Waals surface area contributed by atoms with Crippen molar-refractivity contribution in [2.24, 2.45) is 15.3 Å². The molecule has 0 unspecified atom stereocenters. The second-order valence-electron chi connectivity index (χ2n) is 1.19. The van der Waals surface area contributed by atoms with Gasteiger partial charge in [0.05, 0.1) is 12.6 Å². The van der Waals surface area contributed by atoms with Gasteiger partial charge in [0.25, 0.3) is 0 Å². The van der Waals surface area contributed by atoms with E-state index in [9.17, 15) is 10.2 Å². The average molecular weight is 445 g/mol. The Morgan fingerprint density at radius 1 is 1.27 bits per heavy atom. The summed E-state index contributed by atoms with van der Waals surface area (Å²) in [4.78, 5) is 14.2. The second-order valence-corrected chi connectivity index (χ2v) is 1.19. The van der Waals surface area contributed by atoms with E-state index in [1.165, 1.54) is 5.34 Å². The molecule has 0 amide bonds. The van der Waals surface area contributed by atoms with Crippen LogP contribution in [0.15, 0.2) is 15.3 Å². The van der Waals surface area contributed by atoms with Crippen molar-refractivity contribution in [3.63, 3.8) is 0 Å². The fraction of sp³-hybridized carbons (Fsp3) is 0.333. The molecule has 0 bridgehead atoms. The van der Waals surface area contributed by atoms with E-state index in [1.807, 2.05) is 0 Å². The summed E-state index contributed by atoms with van der Waals surface area (Å²) in [5.74, 6) is -0.440. The standard InChI is InChI=1S/C3H4N2O2.2ClH.HNO2.2H3N.Pt/c6-2-1-4-3(7)5-2;;;2-1-3;;;/h1H2,(H2,4,5,6,7);2*1H;(H,2,3);2*1H3;/q;;;;;;+4/p-4. The third-order valence-corrected chi connectivity index (χ3v) is 0.570. The van der Waals surface area contributed by atoms with Gasteiger partial charge in [-0.25, -0.2) is 0 Å². The van der Waals surface area contributed by atoms with Gasteiger partial charge in [0.1, 0.15) is 0 Å². The molecular weight excluding hydrogens is 436 g/mol. The number of aliphatic imine (C=N–C) groups is 2. The molecule has 0 saturated heterocycles. The van der Waals surface area contributed by atoms with Gasteiger partial charge in [-0.1, -0.05) is 0 Å². The first-order valence-corrected chi connectivity index (χ1v) is 2.13. The molecule has 0 radical (unpaired) electrons. The van der Waals surface area contributed by atoms with Crippen molar-refractivity contribution < 1.29 is 61.3 Å². The largest absolute Gasteiger partial charge is 4.00 e. The Morgan fingerprint density at radius 2 is 1.60 bits per heavy atom. The van der Waals surface area contributed by atoms with Gasteiger partial charge in [0.2, 0.25) is 0 Å². The zero-order valence-electron chi connectivity index (χ0n) is 7.21. The third kappa shape index (κ3) is 24.7. The van der Waals surface area contributed by atoms with Crippen molar-refractivity contribution in [2.75, 3.05) is 6.54 Å². The Kier molecular flexibility index (Phi) is 57.0. The summed E-state index contributed by atoms with van der Waals surface area (Å²) in [5, 5.41) is 27.8. The molecule has 7 N–H and O–H groups in total. The van der Waals surface area contributed by atoms with Crippen LogP contribution in [0, 0.1) is 4.91 Å². The summed E-state index contributed by atoms with van der Waals surface area (Å²) in [5.41, 5.74) is 0. The van der Waals surface area contributed by atoms with E-state index in [2.05, 4.69) is 9.98 Å². The first-order valence-electron chi connectivity index (χ1n) is 2.13. The van der Waals surface area contributed by atoms with Crippen LogP contribution in [0.25, 0.3) is 0 Å². The van der Waals surface area contributed by atoms with Gasteiger partial charge in [-0.2, -0.15) is 0 Å². The maximum absolute atomic E-state index is 9.97. The van der Waals surface area contributed by atoms with Gasteiger partial charge < -0.3 is 52.5 Å². The minimum Gasteiger partial charge on any atom is -1.00 e. The Balaban J connectivity index is -0.0000000234. The summed E-state index contributed by atoms with van der Waals surface area (Å²) < 4.78 is 0. The van der Waals surface area contributed by atoms with Crippen LogP contribution >= 0.6 is 0 Å². The second kappa shape index (κ2) is 23.4. The normalized spacial score (nSPS) is 9.60. The molecule has 0 aliphatic carbocycles. The summed E-state index contributed by atoms with van der Waals surface area (Å²) in [6.45, 7) is -0.0567. The Labute approximate surface area is 112 Å². The Bertz CT molecular complexity index is 191. The molecule has 1 aliphatic heterocycles. The predicted octanol–water partition coefficient (Wildman–Crippen LogP) is -8.05. The van der Waals surface area contributed by atoms with Crippen molar-refractivity contribution >= 4 is 11.9 Å². The zero-order chi connectivity index (χ0) is 7.98. The SMILES string of the molecule is N.N.O=NO.[Cl-].[Cl-].[O-]C1=NC([O-])=NC1.[Pt+4]. The van der Waals surface area contributed by atoms with Crippen LogP contribution in [0.5, 0.6) is 0 Å². The first kappa shape index (κ1) is 36.6. The molecule has 0 aromatic heterocycles. The Morgan fingerprint density at radius 3 is 1.67 bits per heavy atom. The fourth-order valence-electron chi connectivity index (χ4n) is 0.313. The molecule has 0 atom stereocenters. The van der Waals surface area contributed by atoms with Crippen LogP contribution in [0.3, 0.4) is 0 Å². The van der Waals surface area contributed by atoms with E-state index >= 15 is 0 Å². The van der Waals surface area contributed by atoms with E-state index < -0.39 is 11.9 Å². The summed E-state index contributed by atoms with van der Waals surface area (Å²) >= 11 is 0. The Hall–Kier alpha value is -0.472. The molecule has 94 valence electrons. The molecule has 1 aliphatic rings. The molecule has 0 fully saturated rings. The van der Waals surface area contributed by atoms with E-state index in [-0.39, 0.29) is 64.7 Å². The van der Waals surface area contributed by atoms with Gasteiger partial charge in [0, 0.05) is 0 Å². The minimum atomic E-state index is -0.648. The van der Waals surface area contributed by atoms with Crippen molar-refractivity contribution in [3.05, 3.63) is 4.91 Å². The molecule has 0 spiro atoms. The van der Waals surface area contributed by atoms with Crippen molar-refractivity contribution in [2.45, 2.75) is 0 Å². The zero-order valence-corrected chi connectivity index (χ0v) is 11.0. The maximum atomic E-state index is 9.97. The molecule has 0 aromatic rings. The smallest absolute Gasteiger partial charge is 1.00 e. The van der Waals surface area contributed by atoms with Crippen molar-refractivity contribution in [1.29, 1.82) is 0 Å². The first-order chi connectivity index (χ1) is 4.70. The molecular formula is C3H9Cl2N5O4Pt. The maximum Gasteiger partial charge on any atom is 4.00 e. The van der Waals surface area contributed by atoms with Gasteiger partial charge in [-0.15, -0.1) is 4.91 Å². The third-order valence-electron chi connectivity index (χ3n) is 0.570. The number of nitrogens with zero attached hydrogens (tertiary/aromatic N) is 3. The average Bonchev–Trinajstić information content (AvgIpc) is 2.17. The van der Waals surface area contributed by atoms with Crippen LogP contribution in [0.2, 0.25) is 0 Å². The summed E-state index contributed by atoms with van der Waals surface area (Å²) in [6, 6.07) is -0.648. The summed E-state index contributed by atoms with van der Waals surface area (Å²) in [6.07, 6.45) is 0. The van der Waals surface area contributed by atoms with Gasteiger partial charge >= 0.3 is 21.1 Å². The van der Waals surface area contributed by atoms with Gasteiger partial charge in [-0.05, 0) is 5.90 Å². The fourth-order valence-corrected chi connectivity index (χ4v) is 0.313. The van der Waals surface area contributed by atoms with E-state index in [1.54, 1.807) is 0 Å². The molecule has 1 heterocycles. The van der Waals surface area contributed by atoms with Crippen molar-refractivity contribution in [3.8, 4) is 0 Å². The minimum absolute atomic E-state index is 0. The van der Waals surface area contributed by atoms with Gasteiger partial charge in [0.15, 0.2) is 5.34 Å². The number of hydrogen-bond acceptors (Lipinski definition) is 8. The van der Waals surface area contributed by atoms with Gasteiger partial charge in [-0.3, -0.25) is 9.98 Å². The molecule has 12 heteroatoms. The number of hydrogen-bond donors (Lipinski definition) is 3. The number of amidine groups is 1. The van der Waals surface area contributed by atoms with Crippen LogP contribution in [-0.2, 0) is 21.1 Å². The van der Waals surface area contributed by atoms with E-state index in [4.69, 9.17) is 10.1 Å².